The van der Waals surface area contributed by atoms with Gasteiger partial charge in [0, 0.05) is 12.1 Å². The van der Waals surface area contributed by atoms with Crippen molar-refractivity contribution >= 4 is 17.4 Å². The molecule has 1 saturated heterocycles. The van der Waals surface area contributed by atoms with E-state index in [0.29, 0.717) is 36.4 Å². The number of carbonyl (C=O) groups is 2. The number of benzene rings is 2. The first kappa shape index (κ1) is 23.5. The van der Waals surface area contributed by atoms with Crippen molar-refractivity contribution in [3.05, 3.63) is 70.5 Å². The standard InChI is InChI=1S/C25H29FN2O4/c1-5-32-20-12-9-18(15-16(20)2)23(29)21-22(17-7-10-19(26)11-8-17)28(25(31)24(21)30)14-6-13-27(3)4/h7-12,15,22,29H,5-6,13-14H2,1-4H3/t22-/m0/s1. The maximum absolute atomic E-state index is 13.6. The van der Waals surface area contributed by atoms with Gasteiger partial charge in [0.05, 0.1) is 18.2 Å². The van der Waals surface area contributed by atoms with E-state index in [4.69, 9.17) is 4.74 Å². The zero-order valence-electron chi connectivity index (χ0n) is 18.9. The first-order valence-corrected chi connectivity index (χ1v) is 10.7. The predicted molar refractivity (Wildman–Crippen MR) is 121 cm³/mol. The van der Waals surface area contributed by atoms with Crippen LogP contribution in [0.4, 0.5) is 4.39 Å². The van der Waals surface area contributed by atoms with Crippen molar-refractivity contribution in [3.8, 4) is 5.75 Å². The number of ketones is 1. The van der Waals surface area contributed by atoms with E-state index in [9.17, 15) is 19.1 Å². The zero-order chi connectivity index (χ0) is 23.4. The lowest BCUT2D eigenvalue weighted by molar-refractivity contribution is -0.139. The topological polar surface area (TPSA) is 70.1 Å². The van der Waals surface area contributed by atoms with Gasteiger partial charge in [0.25, 0.3) is 11.7 Å². The van der Waals surface area contributed by atoms with Crippen molar-refractivity contribution in [2.24, 2.45) is 0 Å². The largest absolute Gasteiger partial charge is 0.507 e. The Balaban J connectivity index is 2.08. The van der Waals surface area contributed by atoms with E-state index in [0.717, 1.165) is 12.1 Å². The summed E-state index contributed by atoms with van der Waals surface area (Å²) >= 11 is 0. The maximum atomic E-state index is 13.6. The van der Waals surface area contributed by atoms with Crippen molar-refractivity contribution in [3.63, 3.8) is 0 Å². The molecule has 0 unspecified atom stereocenters. The number of halogens is 1. The van der Waals surface area contributed by atoms with Crippen molar-refractivity contribution in [2.45, 2.75) is 26.3 Å². The van der Waals surface area contributed by atoms with Crippen LogP contribution in [0.5, 0.6) is 5.75 Å². The van der Waals surface area contributed by atoms with Crippen LogP contribution in [0.2, 0.25) is 0 Å². The number of aliphatic hydroxyl groups excluding tert-OH is 1. The van der Waals surface area contributed by atoms with E-state index in [1.54, 1.807) is 30.3 Å². The summed E-state index contributed by atoms with van der Waals surface area (Å²) in [5.74, 6) is -1.39. The van der Waals surface area contributed by atoms with Gasteiger partial charge in [-0.25, -0.2) is 4.39 Å². The van der Waals surface area contributed by atoms with E-state index in [-0.39, 0.29) is 11.3 Å². The Morgan fingerprint density at radius 3 is 2.44 bits per heavy atom. The van der Waals surface area contributed by atoms with E-state index in [1.165, 1.54) is 17.0 Å². The number of carbonyl (C=O) groups excluding carboxylic acids is 2. The summed E-state index contributed by atoms with van der Waals surface area (Å²) in [5.41, 5.74) is 1.80. The number of likely N-dealkylation sites (tertiary alicyclic amines) is 1. The molecule has 0 bridgehead atoms. The maximum Gasteiger partial charge on any atom is 0.295 e. The molecular formula is C25H29FN2O4. The number of hydrogen-bond acceptors (Lipinski definition) is 5. The third-order valence-electron chi connectivity index (χ3n) is 5.48. The molecular weight excluding hydrogens is 411 g/mol. The average molecular weight is 441 g/mol. The minimum absolute atomic E-state index is 0.00928. The Kier molecular flexibility index (Phi) is 7.30. The Labute approximate surface area is 187 Å². The molecule has 1 heterocycles. The number of aryl methyl sites for hydroxylation is 1. The van der Waals surface area contributed by atoms with Gasteiger partial charge in [-0.3, -0.25) is 9.59 Å². The van der Waals surface area contributed by atoms with Gasteiger partial charge in [0.2, 0.25) is 0 Å². The Morgan fingerprint density at radius 1 is 1.16 bits per heavy atom. The summed E-state index contributed by atoms with van der Waals surface area (Å²) < 4.78 is 19.1. The Hall–Kier alpha value is -3.19. The van der Waals surface area contributed by atoms with Gasteiger partial charge < -0.3 is 19.6 Å². The summed E-state index contributed by atoms with van der Waals surface area (Å²) in [6, 6.07) is 9.99. The molecule has 0 radical (unpaired) electrons. The number of hydrogen-bond donors (Lipinski definition) is 1. The summed E-state index contributed by atoms with van der Waals surface area (Å²) in [7, 11) is 3.86. The highest BCUT2D eigenvalue weighted by atomic mass is 19.1. The molecule has 3 rings (SSSR count). The van der Waals surface area contributed by atoms with Gasteiger partial charge in [-0.1, -0.05) is 12.1 Å². The van der Waals surface area contributed by atoms with E-state index in [2.05, 4.69) is 0 Å². The molecule has 1 aliphatic rings. The van der Waals surface area contributed by atoms with Gasteiger partial charge in [0.1, 0.15) is 17.3 Å². The molecule has 7 heteroatoms. The number of Topliss-reactive ketones (excluding diaryl/α,β-unsaturated/α-hetero) is 1. The summed E-state index contributed by atoms with van der Waals surface area (Å²) in [6.45, 7) is 5.31. The van der Waals surface area contributed by atoms with Gasteiger partial charge in [-0.05, 0) is 82.4 Å². The molecule has 0 saturated carbocycles. The highest BCUT2D eigenvalue weighted by molar-refractivity contribution is 6.46. The van der Waals surface area contributed by atoms with Crippen LogP contribution in [-0.4, -0.2) is 60.4 Å². The van der Waals surface area contributed by atoms with Crippen molar-refractivity contribution in [1.29, 1.82) is 0 Å². The Morgan fingerprint density at radius 2 is 1.84 bits per heavy atom. The molecule has 2 aromatic carbocycles. The smallest absolute Gasteiger partial charge is 0.295 e. The van der Waals surface area contributed by atoms with Gasteiger partial charge in [-0.2, -0.15) is 0 Å². The second-order valence-electron chi connectivity index (χ2n) is 8.11. The normalized spacial score (nSPS) is 17.9. The van der Waals surface area contributed by atoms with Crippen molar-refractivity contribution < 1.29 is 23.8 Å². The fourth-order valence-corrected chi connectivity index (χ4v) is 3.93. The lowest BCUT2D eigenvalue weighted by Crippen LogP contribution is -2.32. The number of rotatable bonds is 8. The SMILES string of the molecule is CCOc1ccc(C(O)=C2C(=O)C(=O)N(CCCN(C)C)[C@H]2c2ccc(F)cc2)cc1C. The second kappa shape index (κ2) is 9.96. The summed E-state index contributed by atoms with van der Waals surface area (Å²) in [6.07, 6.45) is 0.653. The molecule has 1 aliphatic heterocycles. The molecule has 0 aromatic heterocycles. The molecule has 32 heavy (non-hydrogen) atoms. The van der Waals surface area contributed by atoms with Crippen molar-refractivity contribution in [2.75, 3.05) is 33.8 Å². The van der Waals surface area contributed by atoms with Gasteiger partial charge >= 0.3 is 0 Å². The number of amides is 1. The van der Waals surface area contributed by atoms with Crippen LogP contribution in [0.3, 0.4) is 0 Å². The molecule has 1 atom stereocenters. The summed E-state index contributed by atoms with van der Waals surface area (Å²) in [5, 5.41) is 11.1. The zero-order valence-corrected chi connectivity index (χ0v) is 18.9. The Bertz CT molecular complexity index is 1030. The fraction of sp³-hybridized carbons (Fsp3) is 0.360. The molecule has 0 aliphatic carbocycles. The minimum Gasteiger partial charge on any atom is -0.507 e. The highest BCUT2D eigenvalue weighted by Gasteiger charge is 2.45. The van der Waals surface area contributed by atoms with Crippen LogP contribution in [0.1, 0.15) is 36.1 Å². The lowest BCUT2D eigenvalue weighted by Gasteiger charge is -2.26. The molecule has 1 amide bonds. The second-order valence-corrected chi connectivity index (χ2v) is 8.11. The monoisotopic (exact) mass is 440 g/mol. The number of aliphatic hydroxyl groups is 1. The minimum atomic E-state index is -0.787. The molecule has 2 aromatic rings. The third-order valence-corrected chi connectivity index (χ3v) is 5.48. The van der Waals surface area contributed by atoms with E-state index in [1.807, 2.05) is 32.8 Å². The molecule has 0 spiro atoms. The fourth-order valence-electron chi connectivity index (χ4n) is 3.93. The van der Waals surface area contributed by atoms with Crippen LogP contribution < -0.4 is 4.74 Å². The lowest BCUT2D eigenvalue weighted by atomic mass is 9.94. The van der Waals surface area contributed by atoms with Crippen LogP contribution in [0.25, 0.3) is 5.76 Å². The van der Waals surface area contributed by atoms with Gasteiger partial charge in [-0.15, -0.1) is 0 Å². The van der Waals surface area contributed by atoms with Crippen molar-refractivity contribution in [1.82, 2.24) is 9.80 Å². The molecule has 1 N–H and O–H groups in total. The van der Waals surface area contributed by atoms with E-state index >= 15 is 0 Å². The predicted octanol–water partition coefficient (Wildman–Crippen LogP) is 3.91. The third kappa shape index (κ3) is 4.83. The quantitative estimate of drug-likeness (QED) is 0.383. The number of ether oxygens (including phenoxy) is 1. The highest BCUT2D eigenvalue weighted by Crippen LogP contribution is 2.40. The van der Waals surface area contributed by atoms with Gasteiger partial charge in [0.15, 0.2) is 0 Å². The van der Waals surface area contributed by atoms with Crippen LogP contribution in [0, 0.1) is 12.7 Å². The van der Waals surface area contributed by atoms with E-state index < -0.39 is 23.5 Å². The first-order chi connectivity index (χ1) is 15.2. The van der Waals surface area contributed by atoms with Crippen LogP contribution in [-0.2, 0) is 9.59 Å². The summed E-state index contributed by atoms with van der Waals surface area (Å²) in [4.78, 5) is 29.4. The van der Waals surface area contributed by atoms with Crippen LogP contribution >= 0.6 is 0 Å². The molecule has 1 fully saturated rings. The average Bonchev–Trinajstić information content (AvgIpc) is 3.00. The molecule has 170 valence electrons. The molecule has 6 nitrogen and oxygen atoms in total. The first-order valence-electron chi connectivity index (χ1n) is 10.7. The number of nitrogens with zero attached hydrogens (tertiary/aromatic N) is 2. The van der Waals surface area contributed by atoms with Crippen LogP contribution in [0.15, 0.2) is 48.0 Å².